The van der Waals surface area contributed by atoms with E-state index in [0.717, 1.165) is 16.9 Å². The molecule has 0 aliphatic heterocycles. The van der Waals surface area contributed by atoms with Crippen LogP contribution in [-0.2, 0) is 6.18 Å². The Bertz CT molecular complexity index is 632. The van der Waals surface area contributed by atoms with Gasteiger partial charge in [-0.05, 0) is 24.6 Å². The van der Waals surface area contributed by atoms with E-state index < -0.39 is 17.8 Å². The van der Waals surface area contributed by atoms with Crippen LogP contribution in [0.25, 0.3) is 5.69 Å². The van der Waals surface area contributed by atoms with Gasteiger partial charge in [-0.1, -0.05) is 12.1 Å². The van der Waals surface area contributed by atoms with Gasteiger partial charge in [0.1, 0.15) is 0 Å². The maximum atomic E-state index is 12.5. The van der Waals surface area contributed by atoms with Crippen LogP contribution in [0.4, 0.5) is 13.2 Å². The zero-order valence-corrected chi connectivity index (χ0v) is 9.77. The molecule has 2 rings (SSSR count). The van der Waals surface area contributed by atoms with Crippen molar-refractivity contribution >= 4 is 5.97 Å². The molecule has 0 spiro atoms. The number of alkyl halides is 3. The third-order valence-electron chi connectivity index (χ3n) is 2.58. The molecule has 1 N–H and O–H groups in total. The fourth-order valence-corrected chi connectivity index (χ4v) is 1.74. The number of benzene rings is 1. The van der Waals surface area contributed by atoms with Gasteiger partial charge in [-0.25, -0.2) is 9.48 Å². The van der Waals surface area contributed by atoms with E-state index in [-0.39, 0.29) is 11.3 Å². The van der Waals surface area contributed by atoms with Crippen LogP contribution < -0.4 is 0 Å². The van der Waals surface area contributed by atoms with Crippen molar-refractivity contribution in [3.8, 4) is 5.69 Å². The van der Waals surface area contributed by atoms with Crippen LogP contribution in [-0.4, -0.2) is 20.9 Å². The molecule has 2 aromatic rings. The number of carboxylic acid groups (broad SMARTS) is 1. The second kappa shape index (κ2) is 4.42. The number of carbonyl (C=O) groups is 1. The van der Waals surface area contributed by atoms with Gasteiger partial charge in [-0.15, -0.1) is 0 Å². The Labute approximate surface area is 106 Å². The normalized spacial score (nSPS) is 11.6. The Balaban J connectivity index is 2.59. The van der Waals surface area contributed by atoms with Gasteiger partial charge < -0.3 is 5.11 Å². The van der Waals surface area contributed by atoms with E-state index in [1.165, 1.54) is 12.1 Å². The minimum atomic E-state index is -4.56. The Kier molecular flexibility index (Phi) is 3.05. The summed E-state index contributed by atoms with van der Waals surface area (Å²) in [6.07, 6.45) is -3.46. The lowest BCUT2D eigenvalue weighted by molar-refractivity contribution is -0.141. The first-order valence-electron chi connectivity index (χ1n) is 5.27. The second-order valence-corrected chi connectivity index (χ2v) is 3.92. The van der Waals surface area contributed by atoms with E-state index in [0.29, 0.717) is 5.56 Å². The van der Waals surface area contributed by atoms with Gasteiger partial charge in [0.25, 0.3) is 0 Å². The van der Waals surface area contributed by atoms with Crippen molar-refractivity contribution in [3.05, 3.63) is 47.3 Å². The lowest BCUT2D eigenvalue weighted by Crippen LogP contribution is -2.10. The topological polar surface area (TPSA) is 55.1 Å². The summed E-state index contributed by atoms with van der Waals surface area (Å²) in [7, 11) is 0. The largest absolute Gasteiger partial charge is 0.478 e. The maximum absolute atomic E-state index is 12.5. The van der Waals surface area contributed by atoms with Gasteiger partial charge in [0.15, 0.2) is 5.69 Å². The number of hydrogen-bond donors (Lipinski definition) is 1. The lowest BCUT2D eigenvalue weighted by atomic mass is 10.1. The predicted molar refractivity (Wildman–Crippen MR) is 60.3 cm³/mol. The van der Waals surface area contributed by atoms with E-state index in [1.54, 1.807) is 13.0 Å². The van der Waals surface area contributed by atoms with Crippen LogP contribution in [0.5, 0.6) is 0 Å². The van der Waals surface area contributed by atoms with Gasteiger partial charge in [-0.3, -0.25) is 0 Å². The minimum absolute atomic E-state index is 0.100. The summed E-state index contributed by atoms with van der Waals surface area (Å²) in [5.41, 5.74) is -0.508. The van der Waals surface area contributed by atoms with E-state index in [9.17, 15) is 18.0 Å². The number of rotatable bonds is 2. The van der Waals surface area contributed by atoms with Gasteiger partial charge in [-0.2, -0.15) is 18.3 Å². The van der Waals surface area contributed by atoms with E-state index in [4.69, 9.17) is 5.11 Å². The number of carboxylic acids is 1. The summed E-state index contributed by atoms with van der Waals surface area (Å²) in [5.74, 6) is -1.22. The fraction of sp³-hybridized carbons (Fsp3) is 0.167. The van der Waals surface area contributed by atoms with Crippen LogP contribution in [0.15, 0.2) is 30.5 Å². The van der Waals surface area contributed by atoms with Crippen LogP contribution >= 0.6 is 0 Å². The Morgan fingerprint density at radius 1 is 1.32 bits per heavy atom. The molecular weight excluding hydrogens is 261 g/mol. The zero-order valence-electron chi connectivity index (χ0n) is 9.77. The fourth-order valence-electron chi connectivity index (χ4n) is 1.74. The molecule has 19 heavy (non-hydrogen) atoms. The van der Waals surface area contributed by atoms with Gasteiger partial charge >= 0.3 is 12.1 Å². The van der Waals surface area contributed by atoms with Crippen LogP contribution in [0.3, 0.4) is 0 Å². The van der Waals surface area contributed by atoms with Gasteiger partial charge in [0, 0.05) is 6.20 Å². The second-order valence-electron chi connectivity index (χ2n) is 3.92. The molecule has 0 saturated carbocycles. The van der Waals surface area contributed by atoms with Crippen molar-refractivity contribution in [1.82, 2.24) is 9.78 Å². The molecule has 0 amide bonds. The SMILES string of the molecule is Cc1cccc(C(=O)O)c1-n1ccc(C(F)(F)F)n1. The average molecular weight is 270 g/mol. The minimum Gasteiger partial charge on any atom is -0.478 e. The number of aryl methyl sites for hydroxylation is 1. The summed E-state index contributed by atoms with van der Waals surface area (Å²) >= 11 is 0. The van der Waals surface area contributed by atoms with Gasteiger partial charge in [0.2, 0.25) is 0 Å². The molecule has 1 aromatic carbocycles. The third-order valence-corrected chi connectivity index (χ3v) is 2.58. The Hall–Kier alpha value is -2.31. The smallest absolute Gasteiger partial charge is 0.435 e. The first-order chi connectivity index (χ1) is 8.80. The molecule has 0 unspecified atom stereocenters. The van der Waals surface area contributed by atoms with E-state index >= 15 is 0 Å². The molecule has 4 nitrogen and oxygen atoms in total. The maximum Gasteiger partial charge on any atom is 0.435 e. The van der Waals surface area contributed by atoms with Crippen molar-refractivity contribution in [2.24, 2.45) is 0 Å². The van der Waals surface area contributed by atoms with Crippen molar-refractivity contribution in [3.63, 3.8) is 0 Å². The molecule has 7 heteroatoms. The molecular formula is C12H9F3N2O2. The molecule has 100 valence electrons. The first kappa shape index (κ1) is 13.1. The molecule has 0 aliphatic rings. The average Bonchev–Trinajstić information content (AvgIpc) is 2.77. The van der Waals surface area contributed by atoms with Crippen molar-refractivity contribution in [2.45, 2.75) is 13.1 Å². The molecule has 1 aromatic heterocycles. The van der Waals surface area contributed by atoms with Crippen LogP contribution in [0.2, 0.25) is 0 Å². The molecule has 0 fully saturated rings. The quantitative estimate of drug-likeness (QED) is 0.912. The van der Waals surface area contributed by atoms with E-state index in [1.807, 2.05) is 0 Å². The number of aromatic nitrogens is 2. The highest BCUT2D eigenvalue weighted by Crippen LogP contribution is 2.28. The highest BCUT2D eigenvalue weighted by molar-refractivity contribution is 5.92. The summed E-state index contributed by atoms with van der Waals surface area (Å²) in [5, 5.41) is 12.4. The zero-order chi connectivity index (χ0) is 14.2. The van der Waals surface area contributed by atoms with Crippen LogP contribution in [0.1, 0.15) is 21.6 Å². The highest BCUT2D eigenvalue weighted by Gasteiger charge is 2.34. The van der Waals surface area contributed by atoms with Gasteiger partial charge in [0.05, 0.1) is 11.3 Å². The molecule has 1 heterocycles. The molecule has 0 aliphatic carbocycles. The lowest BCUT2D eigenvalue weighted by Gasteiger charge is -2.09. The monoisotopic (exact) mass is 270 g/mol. The first-order valence-corrected chi connectivity index (χ1v) is 5.27. The number of para-hydroxylation sites is 1. The predicted octanol–water partition coefficient (Wildman–Crippen LogP) is 2.90. The van der Waals surface area contributed by atoms with Crippen molar-refractivity contribution < 1.29 is 23.1 Å². The number of hydrogen-bond acceptors (Lipinski definition) is 2. The number of nitrogens with zero attached hydrogens (tertiary/aromatic N) is 2. The molecule has 0 radical (unpaired) electrons. The van der Waals surface area contributed by atoms with Crippen molar-refractivity contribution in [2.75, 3.05) is 0 Å². The summed E-state index contributed by atoms with van der Waals surface area (Å²) in [6, 6.07) is 5.25. The van der Waals surface area contributed by atoms with Crippen LogP contribution in [0, 0.1) is 6.92 Å². The van der Waals surface area contributed by atoms with E-state index in [2.05, 4.69) is 5.10 Å². The summed E-state index contributed by atoms with van der Waals surface area (Å²) < 4.78 is 38.4. The molecule has 0 atom stereocenters. The standard InChI is InChI=1S/C12H9F3N2O2/c1-7-3-2-4-8(11(18)19)10(7)17-6-5-9(16-17)12(13,14)15/h2-6H,1H3,(H,18,19). The number of halogens is 3. The summed E-state index contributed by atoms with van der Waals surface area (Å²) in [4.78, 5) is 11.1. The third kappa shape index (κ3) is 2.44. The number of aromatic carboxylic acids is 1. The van der Waals surface area contributed by atoms with Crippen molar-refractivity contribution in [1.29, 1.82) is 0 Å². The highest BCUT2D eigenvalue weighted by atomic mass is 19.4. The molecule has 0 saturated heterocycles. The Morgan fingerprint density at radius 3 is 2.53 bits per heavy atom. The summed E-state index contributed by atoms with van der Waals surface area (Å²) in [6.45, 7) is 1.61. The Morgan fingerprint density at radius 2 is 2.00 bits per heavy atom. The molecule has 0 bridgehead atoms.